The number of hydrazine groups is 1. The van der Waals surface area contributed by atoms with Crippen LogP contribution in [0, 0.1) is 12.8 Å². The molecule has 1 unspecified atom stereocenters. The van der Waals surface area contributed by atoms with Gasteiger partial charge < -0.3 is 0 Å². The molecule has 3 rings (SSSR count). The van der Waals surface area contributed by atoms with Crippen LogP contribution in [-0.4, -0.2) is 11.7 Å². The van der Waals surface area contributed by atoms with Crippen LogP contribution in [0.1, 0.15) is 12.5 Å². The van der Waals surface area contributed by atoms with Crippen molar-refractivity contribution in [2.75, 3.05) is 5.01 Å². The van der Waals surface area contributed by atoms with E-state index < -0.39 is 5.92 Å². The third-order valence-electron chi connectivity index (χ3n) is 3.72. The normalized spacial score (nSPS) is 19.0. The topological polar surface area (TPSA) is 44.7 Å². The number of carbonyl (C=O) groups excluding carboxylic acids is 1. The van der Waals surface area contributed by atoms with E-state index in [1.165, 1.54) is 5.01 Å². The third kappa shape index (κ3) is 3.22. The monoisotopic (exact) mass is 381 g/mol. The van der Waals surface area contributed by atoms with Crippen LogP contribution in [0.2, 0.25) is 15.1 Å². The van der Waals surface area contributed by atoms with Gasteiger partial charge in [-0.1, -0.05) is 40.9 Å². The Hall–Kier alpha value is -1.75. The zero-order chi connectivity index (χ0) is 17.4. The minimum atomic E-state index is -0.448. The molecule has 24 heavy (non-hydrogen) atoms. The highest BCUT2D eigenvalue weighted by Crippen LogP contribution is 2.32. The van der Waals surface area contributed by atoms with E-state index in [4.69, 9.17) is 34.8 Å². The lowest BCUT2D eigenvalue weighted by Gasteiger charge is -2.17. The number of rotatable bonds is 2. The number of hydrogen-bond donors (Lipinski definition) is 1. The third-order valence-corrected chi connectivity index (χ3v) is 4.59. The van der Waals surface area contributed by atoms with Crippen LogP contribution in [-0.2, 0) is 4.79 Å². The molecule has 7 heteroatoms. The molecule has 2 aromatic rings. The zero-order valence-electron chi connectivity index (χ0n) is 13.0. The lowest BCUT2D eigenvalue weighted by atomic mass is 10.1. The molecule has 2 aromatic carbocycles. The van der Waals surface area contributed by atoms with Gasteiger partial charge in [0, 0.05) is 5.02 Å². The Morgan fingerprint density at radius 3 is 2.54 bits per heavy atom. The highest BCUT2D eigenvalue weighted by atomic mass is 35.5. The van der Waals surface area contributed by atoms with Gasteiger partial charge in [0.05, 0.1) is 27.3 Å². The fraction of sp³-hybridized carbons (Fsp3) is 0.176. The summed E-state index contributed by atoms with van der Waals surface area (Å²) in [6.07, 6.45) is 0. The number of hydrogen-bond acceptors (Lipinski definition) is 2. The second-order valence-corrected chi connectivity index (χ2v) is 6.81. The first-order chi connectivity index (χ1) is 11.4. The van der Waals surface area contributed by atoms with Crippen molar-refractivity contribution in [3.63, 3.8) is 0 Å². The number of anilines is 1. The van der Waals surface area contributed by atoms with E-state index in [1.807, 2.05) is 19.1 Å². The van der Waals surface area contributed by atoms with Crippen molar-refractivity contribution in [2.24, 2.45) is 10.9 Å². The molecular weight excluding hydrogens is 369 g/mol. The summed E-state index contributed by atoms with van der Waals surface area (Å²) in [5.74, 6) is -0.109. The number of amides is 1. The summed E-state index contributed by atoms with van der Waals surface area (Å²) in [6, 6.07) is 10.5. The molecule has 4 nitrogen and oxygen atoms in total. The molecule has 0 radical (unpaired) electrons. The van der Waals surface area contributed by atoms with Crippen LogP contribution in [0.5, 0.6) is 0 Å². The predicted molar refractivity (Wildman–Crippen MR) is 99.5 cm³/mol. The first-order valence-corrected chi connectivity index (χ1v) is 8.40. The van der Waals surface area contributed by atoms with Crippen LogP contribution < -0.4 is 10.4 Å². The maximum atomic E-state index is 12.6. The summed E-state index contributed by atoms with van der Waals surface area (Å²) < 4.78 is 0. The molecule has 1 aliphatic rings. The maximum absolute atomic E-state index is 12.6. The van der Waals surface area contributed by atoms with E-state index in [2.05, 4.69) is 10.4 Å². The van der Waals surface area contributed by atoms with Crippen LogP contribution in [0.4, 0.5) is 11.4 Å². The first-order valence-electron chi connectivity index (χ1n) is 7.27. The molecule has 124 valence electrons. The van der Waals surface area contributed by atoms with Gasteiger partial charge >= 0.3 is 0 Å². The van der Waals surface area contributed by atoms with Gasteiger partial charge in [-0.3, -0.25) is 10.2 Å². The first kappa shape index (κ1) is 17.1. The smallest absolute Gasteiger partial charge is 0.256 e. The molecule has 0 aliphatic carbocycles. The number of carbonyl (C=O) groups is 1. The average molecular weight is 383 g/mol. The molecule has 1 heterocycles. The van der Waals surface area contributed by atoms with Gasteiger partial charge in [0.2, 0.25) is 0 Å². The van der Waals surface area contributed by atoms with E-state index in [9.17, 15) is 4.79 Å². The second kappa shape index (κ2) is 6.63. The van der Waals surface area contributed by atoms with Crippen molar-refractivity contribution in [1.29, 1.82) is 0 Å². The quantitative estimate of drug-likeness (QED) is 0.778. The van der Waals surface area contributed by atoms with Crippen molar-refractivity contribution >= 4 is 57.9 Å². The SMILES string of the molecule is Cc1ccc(Cl)c(N=C2NN(c3cc(Cl)ccc3Cl)C(=O)C2C)c1. The number of nitrogens with one attached hydrogen (secondary N) is 1. The Morgan fingerprint density at radius 1 is 1.08 bits per heavy atom. The number of halogens is 3. The van der Waals surface area contributed by atoms with Gasteiger partial charge in [-0.05, 0) is 49.7 Å². The van der Waals surface area contributed by atoms with Gasteiger partial charge in [-0.15, -0.1) is 0 Å². The lowest BCUT2D eigenvalue weighted by molar-refractivity contribution is -0.119. The predicted octanol–water partition coefficient (Wildman–Crippen LogP) is 5.17. The number of amidine groups is 1. The van der Waals surface area contributed by atoms with Gasteiger partial charge in [0.15, 0.2) is 0 Å². The van der Waals surface area contributed by atoms with Crippen LogP contribution in [0.25, 0.3) is 0 Å². The standard InChI is InChI=1S/C17H14Cl3N3O/c1-9-3-5-12(19)14(7-9)21-16-10(2)17(24)23(22-16)15-8-11(18)4-6-13(15)20/h3-8,10H,1-2H3,(H,21,22). The van der Waals surface area contributed by atoms with Gasteiger partial charge in [0.25, 0.3) is 5.91 Å². The summed E-state index contributed by atoms with van der Waals surface area (Å²) in [7, 11) is 0. The molecule has 1 aliphatic heterocycles. The molecule has 1 fully saturated rings. The van der Waals surface area contributed by atoms with Gasteiger partial charge in [-0.25, -0.2) is 10.0 Å². The Labute approximate surface area is 155 Å². The largest absolute Gasteiger partial charge is 0.277 e. The van der Waals surface area contributed by atoms with Crippen molar-refractivity contribution in [1.82, 2.24) is 5.43 Å². The van der Waals surface area contributed by atoms with E-state index in [-0.39, 0.29) is 5.91 Å². The highest BCUT2D eigenvalue weighted by molar-refractivity contribution is 6.36. The van der Waals surface area contributed by atoms with Crippen molar-refractivity contribution < 1.29 is 4.79 Å². The summed E-state index contributed by atoms with van der Waals surface area (Å²) in [6.45, 7) is 3.73. The minimum absolute atomic E-state index is 0.165. The van der Waals surface area contributed by atoms with Crippen molar-refractivity contribution in [3.8, 4) is 0 Å². The van der Waals surface area contributed by atoms with Gasteiger partial charge in [-0.2, -0.15) is 0 Å². The average Bonchev–Trinajstić information content (AvgIpc) is 2.81. The number of aryl methyl sites for hydroxylation is 1. The van der Waals surface area contributed by atoms with E-state index in [1.54, 1.807) is 31.2 Å². The number of benzene rings is 2. The fourth-order valence-corrected chi connectivity index (χ4v) is 2.90. The molecule has 1 saturated heterocycles. The molecule has 0 bridgehead atoms. The summed E-state index contributed by atoms with van der Waals surface area (Å²) in [4.78, 5) is 17.1. The summed E-state index contributed by atoms with van der Waals surface area (Å²) in [5.41, 5.74) is 5.13. The number of nitrogens with zero attached hydrogens (tertiary/aromatic N) is 2. The van der Waals surface area contributed by atoms with E-state index in [0.29, 0.717) is 32.3 Å². The summed E-state index contributed by atoms with van der Waals surface area (Å²) in [5, 5.41) is 2.79. The van der Waals surface area contributed by atoms with Crippen LogP contribution in [0.15, 0.2) is 41.4 Å². The lowest BCUT2D eigenvalue weighted by Crippen LogP contribution is -2.36. The van der Waals surface area contributed by atoms with Crippen LogP contribution in [0.3, 0.4) is 0 Å². The Balaban J connectivity index is 1.98. The second-order valence-electron chi connectivity index (χ2n) is 5.55. The van der Waals surface area contributed by atoms with E-state index >= 15 is 0 Å². The minimum Gasteiger partial charge on any atom is -0.277 e. The highest BCUT2D eigenvalue weighted by Gasteiger charge is 2.36. The molecule has 0 aromatic heterocycles. The number of aliphatic imine (C=N–C) groups is 1. The van der Waals surface area contributed by atoms with Crippen LogP contribution >= 0.6 is 34.8 Å². The zero-order valence-corrected chi connectivity index (χ0v) is 15.2. The molecule has 0 saturated carbocycles. The fourth-order valence-electron chi connectivity index (χ4n) is 2.37. The summed E-state index contributed by atoms with van der Waals surface area (Å²) >= 11 is 18.4. The Kier molecular flexibility index (Phi) is 4.72. The molecular formula is C17H14Cl3N3O. The molecule has 1 amide bonds. The Bertz CT molecular complexity index is 851. The van der Waals surface area contributed by atoms with Crippen molar-refractivity contribution in [2.45, 2.75) is 13.8 Å². The molecule has 0 spiro atoms. The maximum Gasteiger partial charge on any atom is 0.256 e. The molecule has 1 N–H and O–H groups in total. The Morgan fingerprint density at radius 2 is 1.79 bits per heavy atom. The van der Waals surface area contributed by atoms with Gasteiger partial charge in [0.1, 0.15) is 5.84 Å². The van der Waals surface area contributed by atoms with E-state index in [0.717, 1.165) is 5.56 Å². The van der Waals surface area contributed by atoms with Crippen molar-refractivity contribution in [3.05, 3.63) is 57.0 Å². The molecule has 1 atom stereocenters.